The van der Waals surface area contributed by atoms with Gasteiger partial charge in [0.1, 0.15) is 0 Å². The molecule has 0 aliphatic rings. The normalized spacial score (nSPS) is 10.5. The van der Waals surface area contributed by atoms with Crippen LogP contribution < -0.4 is 10.2 Å². The lowest BCUT2D eigenvalue weighted by atomic mass is 10.1. The zero-order valence-corrected chi connectivity index (χ0v) is 16.7. The van der Waals surface area contributed by atoms with E-state index in [4.69, 9.17) is 11.6 Å². The second-order valence-corrected chi connectivity index (χ2v) is 7.00. The first-order valence-electron chi connectivity index (χ1n) is 9.42. The van der Waals surface area contributed by atoms with Gasteiger partial charge >= 0.3 is 0 Å². The Balaban J connectivity index is 1.61. The molecule has 0 atom stereocenters. The van der Waals surface area contributed by atoms with Gasteiger partial charge in [-0.1, -0.05) is 54.1 Å². The third-order valence-corrected chi connectivity index (χ3v) is 4.77. The fraction of sp³-hybridized carbons (Fsp3) is 0.217. The van der Waals surface area contributed by atoms with Gasteiger partial charge in [0.2, 0.25) is 0 Å². The second kappa shape index (κ2) is 9.90. The van der Waals surface area contributed by atoms with Crippen LogP contribution in [0, 0.1) is 0 Å². The molecule has 1 aromatic heterocycles. The molecule has 0 unspecified atom stereocenters. The van der Waals surface area contributed by atoms with E-state index in [-0.39, 0.29) is 5.91 Å². The van der Waals surface area contributed by atoms with Crippen molar-refractivity contribution in [3.8, 4) is 0 Å². The van der Waals surface area contributed by atoms with Crippen LogP contribution in [-0.2, 0) is 13.0 Å². The number of hydrogen-bond donors (Lipinski definition) is 1. The maximum atomic E-state index is 12.5. The van der Waals surface area contributed by atoms with E-state index in [9.17, 15) is 4.79 Å². The molecule has 0 fully saturated rings. The van der Waals surface area contributed by atoms with Crippen molar-refractivity contribution >= 4 is 23.2 Å². The van der Waals surface area contributed by atoms with Crippen LogP contribution in [0.2, 0.25) is 5.02 Å². The number of nitrogens with one attached hydrogen (secondary N) is 1. The molecule has 5 heteroatoms. The summed E-state index contributed by atoms with van der Waals surface area (Å²) in [4.78, 5) is 19.0. The highest BCUT2D eigenvalue weighted by Gasteiger charge is 2.11. The van der Waals surface area contributed by atoms with Crippen molar-refractivity contribution in [2.24, 2.45) is 0 Å². The van der Waals surface area contributed by atoms with E-state index < -0.39 is 0 Å². The summed E-state index contributed by atoms with van der Waals surface area (Å²) < 4.78 is 0. The van der Waals surface area contributed by atoms with Gasteiger partial charge in [0, 0.05) is 30.9 Å². The number of nitrogens with zero attached hydrogens (tertiary/aromatic N) is 2. The first kappa shape index (κ1) is 19.9. The Kier molecular flexibility index (Phi) is 7.04. The Morgan fingerprint density at radius 3 is 2.57 bits per heavy atom. The van der Waals surface area contributed by atoms with E-state index in [1.807, 2.05) is 48.5 Å². The number of amides is 1. The molecule has 0 spiro atoms. The molecule has 0 saturated heterocycles. The van der Waals surface area contributed by atoms with Crippen LogP contribution in [-0.4, -0.2) is 24.0 Å². The van der Waals surface area contributed by atoms with Gasteiger partial charge < -0.3 is 10.2 Å². The minimum Gasteiger partial charge on any atom is -0.366 e. The number of carbonyl (C=O) groups is 1. The van der Waals surface area contributed by atoms with Crippen LogP contribution in [0.5, 0.6) is 0 Å². The van der Waals surface area contributed by atoms with Crippen molar-refractivity contribution in [1.82, 2.24) is 10.3 Å². The number of hydrogen-bond acceptors (Lipinski definition) is 3. The van der Waals surface area contributed by atoms with Crippen molar-refractivity contribution in [1.29, 1.82) is 0 Å². The predicted octanol–water partition coefficient (Wildman–Crippen LogP) is 4.73. The maximum absolute atomic E-state index is 12.5. The van der Waals surface area contributed by atoms with Gasteiger partial charge in [-0.25, -0.2) is 0 Å². The third kappa shape index (κ3) is 5.57. The quantitative estimate of drug-likeness (QED) is 0.601. The lowest BCUT2D eigenvalue weighted by molar-refractivity contribution is 0.0954. The van der Waals surface area contributed by atoms with Crippen molar-refractivity contribution in [2.45, 2.75) is 19.9 Å². The summed E-state index contributed by atoms with van der Waals surface area (Å²) in [5, 5.41) is 3.67. The van der Waals surface area contributed by atoms with Crippen LogP contribution in [0.3, 0.4) is 0 Å². The van der Waals surface area contributed by atoms with Crippen LogP contribution in [0.15, 0.2) is 73.1 Å². The standard InChI is InChI=1S/C23H24ClN3O/c1-2-27(17-19-7-4-3-5-8-19)22-14-20(15-25-16-22)23(28)26-12-11-18-9-6-10-21(24)13-18/h3-10,13-16H,2,11-12,17H2,1H3,(H,26,28). The van der Waals surface area contributed by atoms with Crippen LogP contribution in [0.1, 0.15) is 28.4 Å². The van der Waals surface area contributed by atoms with Crippen LogP contribution in [0.4, 0.5) is 5.69 Å². The molecule has 3 aromatic rings. The van der Waals surface area contributed by atoms with Crippen molar-refractivity contribution < 1.29 is 4.79 Å². The molecule has 0 aliphatic heterocycles. The first-order chi connectivity index (χ1) is 13.7. The summed E-state index contributed by atoms with van der Waals surface area (Å²) >= 11 is 6.00. The fourth-order valence-corrected chi connectivity index (χ4v) is 3.24. The molecule has 0 saturated carbocycles. The molecule has 2 aromatic carbocycles. The number of halogens is 1. The summed E-state index contributed by atoms with van der Waals surface area (Å²) in [6.07, 6.45) is 4.14. The third-order valence-electron chi connectivity index (χ3n) is 4.54. The van der Waals surface area contributed by atoms with Crippen molar-refractivity contribution in [2.75, 3.05) is 18.0 Å². The number of pyridine rings is 1. The average Bonchev–Trinajstić information content (AvgIpc) is 2.73. The summed E-state index contributed by atoms with van der Waals surface area (Å²) in [7, 11) is 0. The topological polar surface area (TPSA) is 45.2 Å². The van der Waals surface area contributed by atoms with Gasteiger partial charge in [0.25, 0.3) is 5.91 Å². The summed E-state index contributed by atoms with van der Waals surface area (Å²) in [5.41, 5.74) is 3.82. The van der Waals surface area contributed by atoms with Gasteiger partial charge in [0.15, 0.2) is 0 Å². The highest BCUT2D eigenvalue weighted by molar-refractivity contribution is 6.30. The summed E-state index contributed by atoms with van der Waals surface area (Å²) in [6, 6.07) is 19.8. The molecule has 28 heavy (non-hydrogen) atoms. The van der Waals surface area contributed by atoms with E-state index in [2.05, 4.69) is 34.3 Å². The van der Waals surface area contributed by atoms with Gasteiger partial charge in [-0.15, -0.1) is 0 Å². The SMILES string of the molecule is CCN(Cc1ccccc1)c1cncc(C(=O)NCCc2cccc(Cl)c2)c1. The molecule has 4 nitrogen and oxygen atoms in total. The van der Waals surface area contributed by atoms with Crippen LogP contribution >= 0.6 is 11.6 Å². The molecular weight excluding hydrogens is 370 g/mol. The lowest BCUT2D eigenvalue weighted by Crippen LogP contribution is -2.27. The molecule has 0 radical (unpaired) electrons. The fourth-order valence-electron chi connectivity index (χ4n) is 3.03. The van der Waals surface area contributed by atoms with Crippen molar-refractivity contribution in [3.63, 3.8) is 0 Å². The Morgan fingerprint density at radius 2 is 1.82 bits per heavy atom. The number of aromatic nitrogens is 1. The van der Waals surface area contributed by atoms with Gasteiger partial charge in [-0.05, 0) is 42.7 Å². The van der Waals surface area contributed by atoms with Gasteiger partial charge in [-0.3, -0.25) is 9.78 Å². The molecule has 1 heterocycles. The summed E-state index contributed by atoms with van der Waals surface area (Å²) in [6.45, 7) is 4.25. The lowest BCUT2D eigenvalue weighted by Gasteiger charge is -2.23. The highest BCUT2D eigenvalue weighted by atomic mass is 35.5. The van der Waals surface area contributed by atoms with E-state index >= 15 is 0 Å². The summed E-state index contributed by atoms with van der Waals surface area (Å²) in [5.74, 6) is -0.118. The maximum Gasteiger partial charge on any atom is 0.252 e. The zero-order valence-electron chi connectivity index (χ0n) is 15.9. The van der Waals surface area contributed by atoms with Gasteiger partial charge in [0.05, 0.1) is 17.4 Å². The Hall–Kier alpha value is -2.85. The monoisotopic (exact) mass is 393 g/mol. The average molecular weight is 394 g/mol. The minimum atomic E-state index is -0.118. The first-order valence-corrected chi connectivity index (χ1v) is 9.80. The molecule has 3 rings (SSSR count). The van der Waals surface area contributed by atoms with E-state index in [0.29, 0.717) is 17.1 Å². The molecule has 0 bridgehead atoms. The largest absolute Gasteiger partial charge is 0.366 e. The molecule has 0 aliphatic carbocycles. The molecule has 1 N–H and O–H groups in total. The second-order valence-electron chi connectivity index (χ2n) is 6.57. The van der Waals surface area contributed by atoms with E-state index in [1.165, 1.54) is 5.56 Å². The van der Waals surface area contributed by atoms with E-state index in [1.54, 1.807) is 12.4 Å². The molecule has 144 valence electrons. The smallest absolute Gasteiger partial charge is 0.252 e. The zero-order chi connectivity index (χ0) is 19.8. The Bertz CT molecular complexity index is 914. The van der Waals surface area contributed by atoms with Gasteiger partial charge in [-0.2, -0.15) is 0 Å². The number of benzene rings is 2. The molecule has 1 amide bonds. The van der Waals surface area contributed by atoms with E-state index in [0.717, 1.165) is 30.8 Å². The van der Waals surface area contributed by atoms with Crippen LogP contribution in [0.25, 0.3) is 0 Å². The Morgan fingerprint density at radius 1 is 1.04 bits per heavy atom. The predicted molar refractivity (Wildman–Crippen MR) is 115 cm³/mol. The number of rotatable bonds is 8. The Labute approximate surface area is 171 Å². The number of carbonyl (C=O) groups excluding carboxylic acids is 1. The van der Waals surface area contributed by atoms with Crippen molar-refractivity contribution in [3.05, 3.63) is 94.8 Å². The minimum absolute atomic E-state index is 0.118. The highest BCUT2D eigenvalue weighted by Crippen LogP contribution is 2.17. The molecular formula is C23H24ClN3O. The number of anilines is 1.